The first-order valence-electron chi connectivity index (χ1n) is 11.7. The Bertz CT molecular complexity index is 965. The summed E-state index contributed by atoms with van der Waals surface area (Å²) in [5.74, 6) is -0.959. The lowest BCUT2D eigenvalue weighted by Gasteiger charge is -2.35. The summed E-state index contributed by atoms with van der Waals surface area (Å²) < 4.78 is 8.01. The molecule has 0 spiro atoms. The standard InChI is InChI=1S/C24H35N5O5/c1-17-11-29(18(2)15-30)23(31)8-5-9-28-13-21(25-26-28)16-34-22(17)14-27(3)12-19-6-4-7-20(10-19)24(32)33/h4,6-7,10,13,17-18,22,30H,5,8-9,11-12,14-16H2,1-3H3,(H,32,33)/t17-,18+,22-/m1/s1. The smallest absolute Gasteiger partial charge is 0.335 e. The van der Waals surface area contributed by atoms with Gasteiger partial charge in [-0.15, -0.1) is 5.10 Å². The molecule has 10 nitrogen and oxygen atoms in total. The van der Waals surface area contributed by atoms with E-state index < -0.39 is 5.97 Å². The van der Waals surface area contributed by atoms with Gasteiger partial charge < -0.3 is 19.8 Å². The summed E-state index contributed by atoms with van der Waals surface area (Å²) >= 11 is 0. The van der Waals surface area contributed by atoms with Gasteiger partial charge in [-0.1, -0.05) is 24.3 Å². The van der Waals surface area contributed by atoms with E-state index in [9.17, 15) is 19.8 Å². The first-order valence-corrected chi connectivity index (χ1v) is 11.7. The molecule has 0 radical (unpaired) electrons. The van der Waals surface area contributed by atoms with Gasteiger partial charge in [0.05, 0.1) is 37.1 Å². The minimum atomic E-state index is -0.951. The number of carboxylic acid groups (broad SMARTS) is 1. The van der Waals surface area contributed by atoms with Crippen molar-refractivity contribution in [1.82, 2.24) is 24.8 Å². The summed E-state index contributed by atoms with van der Waals surface area (Å²) in [6.45, 7) is 6.29. The highest BCUT2D eigenvalue weighted by Crippen LogP contribution is 2.18. The van der Waals surface area contributed by atoms with Crippen molar-refractivity contribution in [3.05, 3.63) is 47.3 Å². The van der Waals surface area contributed by atoms with Crippen LogP contribution in [0.2, 0.25) is 0 Å². The Balaban J connectivity index is 1.76. The van der Waals surface area contributed by atoms with E-state index in [1.54, 1.807) is 27.8 Å². The molecule has 2 aromatic rings. The molecule has 34 heavy (non-hydrogen) atoms. The molecule has 0 saturated carbocycles. The number of aliphatic hydroxyl groups excluding tert-OH is 1. The number of aliphatic hydroxyl groups is 1. The van der Waals surface area contributed by atoms with E-state index in [2.05, 4.69) is 15.2 Å². The fourth-order valence-corrected chi connectivity index (χ4v) is 4.18. The number of hydrogen-bond acceptors (Lipinski definition) is 7. The molecule has 1 amide bonds. The van der Waals surface area contributed by atoms with Gasteiger partial charge in [0.2, 0.25) is 5.91 Å². The number of carbonyl (C=O) groups excluding carboxylic acids is 1. The molecule has 186 valence electrons. The third kappa shape index (κ3) is 7.09. The molecule has 0 saturated heterocycles. The summed E-state index contributed by atoms with van der Waals surface area (Å²) in [6.07, 6.45) is 2.64. The van der Waals surface area contributed by atoms with Crippen LogP contribution in [0.3, 0.4) is 0 Å². The Morgan fingerprint density at radius 1 is 1.38 bits per heavy atom. The largest absolute Gasteiger partial charge is 0.478 e. The van der Waals surface area contributed by atoms with Crippen LogP contribution in [0.4, 0.5) is 0 Å². The maximum atomic E-state index is 13.0. The van der Waals surface area contributed by atoms with Crippen LogP contribution in [0.1, 0.15) is 48.3 Å². The molecule has 0 aliphatic carbocycles. The predicted octanol–water partition coefficient (Wildman–Crippen LogP) is 1.63. The molecular formula is C24H35N5O5. The van der Waals surface area contributed by atoms with Crippen LogP contribution >= 0.6 is 0 Å². The number of aromatic carboxylic acids is 1. The summed E-state index contributed by atoms with van der Waals surface area (Å²) in [4.78, 5) is 28.1. The second-order valence-corrected chi connectivity index (χ2v) is 9.18. The summed E-state index contributed by atoms with van der Waals surface area (Å²) in [5.41, 5.74) is 1.89. The number of nitrogens with zero attached hydrogens (tertiary/aromatic N) is 5. The fourth-order valence-electron chi connectivity index (χ4n) is 4.18. The van der Waals surface area contributed by atoms with E-state index in [1.807, 2.05) is 33.2 Å². The summed E-state index contributed by atoms with van der Waals surface area (Å²) in [5, 5.41) is 27.3. The number of amides is 1. The van der Waals surface area contributed by atoms with Crippen molar-refractivity contribution in [2.24, 2.45) is 5.92 Å². The van der Waals surface area contributed by atoms with Crippen LogP contribution in [0, 0.1) is 5.92 Å². The van der Waals surface area contributed by atoms with Gasteiger partial charge >= 0.3 is 5.97 Å². The zero-order chi connectivity index (χ0) is 24.7. The minimum absolute atomic E-state index is 0.00516. The summed E-state index contributed by atoms with van der Waals surface area (Å²) in [6, 6.07) is 6.62. The van der Waals surface area contributed by atoms with Crippen molar-refractivity contribution >= 4 is 11.9 Å². The quantitative estimate of drug-likeness (QED) is 0.623. The summed E-state index contributed by atoms with van der Waals surface area (Å²) in [7, 11) is 1.96. The van der Waals surface area contributed by atoms with Crippen LogP contribution in [0.15, 0.2) is 30.5 Å². The van der Waals surface area contributed by atoms with Crippen molar-refractivity contribution in [3.63, 3.8) is 0 Å². The van der Waals surface area contributed by atoms with E-state index in [1.165, 1.54) is 0 Å². The van der Waals surface area contributed by atoms with Crippen LogP contribution in [0.25, 0.3) is 0 Å². The third-order valence-corrected chi connectivity index (χ3v) is 6.16. The number of hydrogen-bond donors (Lipinski definition) is 2. The number of fused-ring (bicyclic) bond motifs is 2. The monoisotopic (exact) mass is 473 g/mol. The Kier molecular flexibility index (Phi) is 9.14. The Hall–Kier alpha value is -2.82. The SMILES string of the molecule is C[C@@H]1CN([C@@H](C)CO)C(=O)CCCn2cc(nn2)CO[C@@H]1CN(C)Cc1cccc(C(=O)O)c1. The Morgan fingerprint density at radius 3 is 2.91 bits per heavy atom. The Morgan fingerprint density at radius 2 is 2.18 bits per heavy atom. The lowest BCUT2D eigenvalue weighted by Crippen LogP contribution is -2.47. The molecule has 0 unspecified atom stereocenters. The van der Waals surface area contributed by atoms with Gasteiger partial charge in [0.1, 0.15) is 5.69 Å². The zero-order valence-electron chi connectivity index (χ0n) is 20.1. The van der Waals surface area contributed by atoms with Crippen molar-refractivity contribution < 1.29 is 24.5 Å². The molecule has 3 atom stereocenters. The van der Waals surface area contributed by atoms with Gasteiger partial charge in [0, 0.05) is 38.5 Å². The van der Waals surface area contributed by atoms with Crippen LogP contribution in [-0.4, -0.2) is 85.8 Å². The van der Waals surface area contributed by atoms with Crippen molar-refractivity contribution in [2.75, 3.05) is 26.7 Å². The normalized spacial score (nSPS) is 21.0. The fraction of sp³-hybridized carbons (Fsp3) is 0.583. The second kappa shape index (κ2) is 12.0. The number of rotatable bonds is 7. The van der Waals surface area contributed by atoms with Gasteiger partial charge in [-0.2, -0.15) is 0 Å². The predicted molar refractivity (Wildman–Crippen MR) is 125 cm³/mol. The van der Waals surface area contributed by atoms with E-state index in [0.29, 0.717) is 45.6 Å². The van der Waals surface area contributed by atoms with Crippen molar-refractivity contribution in [2.45, 2.75) is 58.5 Å². The molecule has 1 aromatic carbocycles. The van der Waals surface area contributed by atoms with Crippen LogP contribution in [0.5, 0.6) is 0 Å². The maximum absolute atomic E-state index is 13.0. The number of carbonyl (C=O) groups is 2. The number of likely N-dealkylation sites (N-methyl/N-ethyl adjacent to an activating group) is 1. The van der Waals surface area contributed by atoms with E-state index in [-0.39, 0.29) is 36.1 Å². The molecule has 2 heterocycles. The third-order valence-electron chi connectivity index (χ3n) is 6.16. The number of aryl methyl sites for hydroxylation is 1. The van der Waals surface area contributed by atoms with Crippen molar-refractivity contribution in [3.8, 4) is 0 Å². The van der Waals surface area contributed by atoms with Gasteiger partial charge in [-0.25, -0.2) is 4.79 Å². The molecule has 2 bridgehead atoms. The van der Waals surface area contributed by atoms with Gasteiger partial charge in [-0.3, -0.25) is 14.4 Å². The number of ether oxygens (including phenoxy) is 1. The first kappa shape index (κ1) is 25.8. The van der Waals surface area contributed by atoms with Gasteiger partial charge in [0.15, 0.2) is 0 Å². The first-order chi connectivity index (χ1) is 16.3. The topological polar surface area (TPSA) is 121 Å². The molecule has 1 aliphatic heterocycles. The highest BCUT2D eigenvalue weighted by molar-refractivity contribution is 5.87. The highest BCUT2D eigenvalue weighted by atomic mass is 16.5. The lowest BCUT2D eigenvalue weighted by molar-refractivity contribution is -0.136. The minimum Gasteiger partial charge on any atom is -0.478 e. The van der Waals surface area contributed by atoms with E-state index in [4.69, 9.17) is 4.74 Å². The molecule has 3 rings (SSSR count). The Labute approximate surface area is 200 Å². The molecule has 2 N–H and O–H groups in total. The molecule has 1 aromatic heterocycles. The van der Waals surface area contributed by atoms with Crippen LogP contribution < -0.4 is 0 Å². The number of carboxylic acids is 1. The lowest BCUT2D eigenvalue weighted by atomic mass is 10.0. The van der Waals surface area contributed by atoms with Crippen LogP contribution in [-0.2, 0) is 29.2 Å². The number of benzene rings is 1. The molecule has 0 fully saturated rings. The second-order valence-electron chi connectivity index (χ2n) is 9.18. The van der Waals surface area contributed by atoms with E-state index >= 15 is 0 Å². The maximum Gasteiger partial charge on any atom is 0.335 e. The average Bonchev–Trinajstić information content (AvgIpc) is 3.26. The van der Waals surface area contributed by atoms with Crippen molar-refractivity contribution in [1.29, 1.82) is 0 Å². The molecule has 1 aliphatic rings. The molecule has 10 heteroatoms. The zero-order valence-corrected chi connectivity index (χ0v) is 20.1. The highest BCUT2D eigenvalue weighted by Gasteiger charge is 2.28. The average molecular weight is 474 g/mol. The van der Waals surface area contributed by atoms with Gasteiger partial charge in [-0.05, 0) is 38.1 Å². The van der Waals surface area contributed by atoms with E-state index in [0.717, 1.165) is 11.3 Å². The molecular weight excluding hydrogens is 438 g/mol. The van der Waals surface area contributed by atoms with Gasteiger partial charge in [0.25, 0.3) is 0 Å². The number of aromatic nitrogens is 3.